The molecule has 32 heavy (non-hydrogen) atoms. The summed E-state index contributed by atoms with van der Waals surface area (Å²) < 4.78 is 1.62. The highest BCUT2D eigenvalue weighted by Crippen LogP contribution is 2.33. The number of anilines is 1. The van der Waals surface area contributed by atoms with Crippen LogP contribution in [0.3, 0.4) is 0 Å². The molecule has 0 saturated carbocycles. The first-order valence-corrected chi connectivity index (χ1v) is 11.0. The van der Waals surface area contributed by atoms with Crippen LogP contribution in [0.4, 0.5) is 5.82 Å². The number of aromatic nitrogens is 4. The smallest absolute Gasteiger partial charge is 0.151 e. The van der Waals surface area contributed by atoms with E-state index in [1.54, 1.807) is 29.1 Å². The molecule has 8 nitrogen and oxygen atoms in total. The predicted molar refractivity (Wildman–Crippen MR) is 125 cm³/mol. The number of hydrogen-bond donors (Lipinski definition) is 3. The number of phenols is 1. The number of phenolic OH excluding ortho intramolecular Hbond substituents is 1. The highest BCUT2D eigenvalue weighted by Gasteiger charge is 2.40. The second-order valence-electron chi connectivity index (χ2n) is 9.78. The molecule has 3 N–H and O–H groups in total. The zero-order valence-electron chi connectivity index (χ0n) is 19.2. The van der Waals surface area contributed by atoms with Crippen molar-refractivity contribution in [3.8, 4) is 22.8 Å². The minimum absolute atomic E-state index is 0.0106. The number of nitrogens with one attached hydrogen (secondary N) is 1. The first-order valence-electron chi connectivity index (χ1n) is 11.0. The lowest BCUT2D eigenvalue weighted by Gasteiger charge is -2.49. The van der Waals surface area contributed by atoms with Crippen LogP contribution in [0.5, 0.6) is 5.75 Å². The third-order valence-electron chi connectivity index (χ3n) is 5.88. The molecule has 3 heterocycles. The fraction of sp³-hybridized carbons (Fsp3) is 0.458. The van der Waals surface area contributed by atoms with E-state index in [1.807, 2.05) is 24.3 Å². The molecule has 1 aliphatic heterocycles. The van der Waals surface area contributed by atoms with Crippen LogP contribution in [0.1, 0.15) is 40.5 Å². The summed E-state index contributed by atoms with van der Waals surface area (Å²) in [6, 6.07) is 13.0. The van der Waals surface area contributed by atoms with Crippen LogP contribution in [0.2, 0.25) is 0 Å². The number of rotatable bonds is 6. The second-order valence-corrected chi connectivity index (χ2v) is 9.78. The van der Waals surface area contributed by atoms with Crippen molar-refractivity contribution in [3.63, 3.8) is 0 Å². The van der Waals surface area contributed by atoms with Gasteiger partial charge >= 0.3 is 0 Å². The third-order valence-corrected chi connectivity index (χ3v) is 5.88. The number of aliphatic hydroxyl groups excluding tert-OH is 1. The quantitative estimate of drug-likeness (QED) is 0.546. The molecule has 0 radical (unpaired) electrons. The molecule has 8 heteroatoms. The Morgan fingerprint density at radius 1 is 1.00 bits per heavy atom. The molecule has 1 aromatic carbocycles. The lowest BCUT2D eigenvalue weighted by atomic mass is 9.79. The van der Waals surface area contributed by atoms with Gasteiger partial charge < -0.3 is 20.4 Å². The van der Waals surface area contributed by atoms with Crippen molar-refractivity contribution < 1.29 is 10.2 Å². The maximum atomic E-state index is 10.1. The largest absolute Gasteiger partial charge is 0.506 e. The summed E-state index contributed by atoms with van der Waals surface area (Å²) in [4.78, 5) is 2.17. The number of benzene rings is 1. The molecule has 0 amide bonds. The molecule has 3 aromatic rings. The average molecular weight is 437 g/mol. The Kier molecular flexibility index (Phi) is 5.92. The topological polar surface area (TPSA) is 99.3 Å². The summed E-state index contributed by atoms with van der Waals surface area (Å²) in [6.45, 7) is 9.43. The van der Waals surface area contributed by atoms with E-state index in [2.05, 4.69) is 53.2 Å². The first-order chi connectivity index (χ1) is 15.2. The second kappa shape index (κ2) is 8.52. The molecule has 170 valence electrons. The molecule has 0 atom stereocenters. The minimum Gasteiger partial charge on any atom is -0.506 e. The van der Waals surface area contributed by atoms with E-state index >= 15 is 0 Å². The number of aromatic hydroxyl groups is 1. The van der Waals surface area contributed by atoms with Crippen LogP contribution in [-0.4, -0.2) is 60.5 Å². The van der Waals surface area contributed by atoms with Crippen LogP contribution in [-0.2, 0) is 0 Å². The van der Waals surface area contributed by atoms with Gasteiger partial charge in [0.05, 0.1) is 6.61 Å². The summed E-state index contributed by atoms with van der Waals surface area (Å²) >= 11 is 0. The summed E-state index contributed by atoms with van der Waals surface area (Å²) in [7, 11) is 0. The van der Waals surface area contributed by atoms with Crippen molar-refractivity contribution >= 4 is 5.82 Å². The van der Waals surface area contributed by atoms with Crippen molar-refractivity contribution in [2.24, 2.45) is 0 Å². The van der Waals surface area contributed by atoms with Gasteiger partial charge in [-0.05, 0) is 70.9 Å². The van der Waals surface area contributed by atoms with Crippen LogP contribution < -0.4 is 10.2 Å². The Balaban J connectivity index is 1.57. The molecular formula is C24H32N6O2. The highest BCUT2D eigenvalue weighted by atomic mass is 16.3. The lowest BCUT2D eigenvalue weighted by molar-refractivity contribution is 0.155. The molecule has 0 aliphatic carbocycles. The number of piperidine rings is 1. The Morgan fingerprint density at radius 3 is 2.34 bits per heavy atom. The molecule has 0 spiro atoms. The van der Waals surface area contributed by atoms with Gasteiger partial charge in [0.1, 0.15) is 22.8 Å². The van der Waals surface area contributed by atoms with Gasteiger partial charge in [-0.2, -0.15) is 5.10 Å². The van der Waals surface area contributed by atoms with Crippen LogP contribution in [0.15, 0.2) is 48.7 Å². The van der Waals surface area contributed by atoms with E-state index in [4.69, 9.17) is 0 Å². The minimum atomic E-state index is -0.0106. The summed E-state index contributed by atoms with van der Waals surface area (Å²) in [5.41, 5.74) is 1.91. The zero-order valence-corrected chi connectivity index (χ0v) is 19.2. The molecule has 0 unspecified atom stereocenters. The maximum Gasteiger partial charge on any atom is 0.151 e. The Labute approximate surface area is 188 Å². The summed E-state index contributed by atoms with van der Waals surface area (Å²) in [5, 5.41) is 36.9. The Morgan fingerprint density at radius 2 is 1.72 bits per heavy atom. The van der Waals surface area contributed by atoms with Gasteiger partial charge in [-0.25, -0.2) is 4.68 Å². The van der Waals surface area contributed by atoms with Gasteiger partial charge in [-0.1, -0.05) is 12.1 Å². The number of nitrogens with zero attached hydrogens (tertiary/aromatic N) is 5. The fourth-order valence-electron chi connectivity index (χ4n) is 4.95. The van der Waals surface area contributed by atoms with E-state index in [9.17, 15) is 10.2 Å². The Hall–Kier alpha value is -2.97. The molecule has 2 aromatic heterocycles. The van der Waals surface area contributed by atoms with Crippen LogP contribution >= 0.6 is 0 Å². The van der Waals surface area contributed by atoms with E-state index in [0.717, 1.165) is 18.7 Å². The monoisotopic (exact) mass is 436 g/mol. The van der Waals surface area contributed by atoms with Crippen molar-refractivity contribution in [2.45, 2.75) is 57.7 Å². The van der Waals surface area contributed by atoms with Crippen molar-refractivity contribution in [1.29, 1.82) is 0 Å². The Bertz CT molecular complexity index is 1040. The average Bonchev–Trinajstić information content (AvgIpc) is 3.20. The van der Waals surface area contributed by atoms with E-state index in [-0.39, 0.29) is 29.5 Å². The normalized spacial score (nSPS) is 17.9. The van der Waals surface area contributed by atoms with E-state index in [1.165, 1.54) is 0 Å². The van der Waals surface area contributed by atoms with Gasteiger partial charge in [0.25, 0.3) is 0 Å². The SMILES string of the molecule is CC1(C)CC(N(CCO)c2ccc(-c3ccn(-c4ccccc4O)n3)nn2)CC(C)(C)N1. The van der Waals surface area contributed by atoms with Gasteiger partial charge in [-0.3, -0.25) is 0 Å². The molecule has 1 saturated heterocycles. The van der Waals surface area contributed by atoms with Crippen LogP contribution in [0.25, 0.3) is 17.1 Å². The van der Waals surface area contributed by atoms with Gasteiger partial charge in [0, 0.05) is 29.9 Å². The standard InChI is InChI=1S/C24H32N6O2/c1-23(2)15-17(16-24(3,4)28-23)29(13-14-31)22-10-9-18(25-26-22)19-11-12-30(27-19)20-7-5-6-8-21(20)32/h5-12,17,28,31-32H,13-16H2,1-4H3. The van der Waals surface area contributed by atoms with Crippen molar-refractivity contribution in [3.05, 3.63) is 48.7 Å². The number of para-hydroxylation sites is 2. The van der Waals surface area contributed by atoms with E-state index in [0.29, 0.717) is 23.6 Å². The fourth-order valence-corrected chi connectivity index (χ4v) is 4.95. The zero-order chi connectivity index (χ0) is 22.9. The maximum absolute atomic E-state index is 10.1. The molecule has 1 aliphatic rings. The molecule has 0 bridgehead atoms. The molecular weight excluding hydrogens is 404 g/mol. The molecule has 1 fully saturated rings. The number of aliphatic hydroxyl groups is 1. The lowest BCUT2D eigenvalue weighted by Crippen LogP contribution is -2.62. The van der Waals surface area contributed by atoms with Crippen molar-refractivity contribution in [1.82, 2.24) is 25.3 Å². The first kappa shape index (κ1) is 22.2. The number of hydrogen-bond acceptors (Lipinski definition) is 7. The van der Waals surface area contributed by atoms with Gasteiger partial charge in [0.2, 0.25) is 0 Å². The summed E-state index contributed by atoms with van der Waals surface area (Å²) in [5.74, 6) is 0.914. The van der Waals surface area contributed by atoms with E-state index < -0.39 is 0 Å². The predicted octanol–water partition coefficient (Wildman–Crippen LogP) is 3.14. The van der Waals surface area contributed by atoms with Crippen LogP contribution in [0, 0.1) is 0 Å². The highest BCUT2D eigenvalue weighted by molar-refractivity contribution is 5.56. The molecule has 4 rings (SSSR count). The summed E-state index contributed by atoms with van der Waals surface area (Å²) in [6.07, 6.45) is 3.69. The van der Waals surface area contributed by atoms with Gasteiger partial charge in [-0.15, -0.1) is 10.2 Å². The van der Waals surface area contributed by atoms with Gasteiger partial charge in [0.15, 0.2) is 5.82 Å². The third kappa shape index (κ3) is 4.76. The van der Waals surface area contributed by atoms with Crippen molar-refractivity contribution in [2.75, 3.05) is 18.1 Å².